The third-order valence-electron chi connectivity index (χ3n) is 2.99. The van der Waals surface area contributed by atoms with Crippen molar-refractivity contribution in [3.8, 4) is 11.5 Å². The van der Waals surface area contributed by atoms with Gasteiger partial charge in [0.25, 0.3) is 0 Å². The highest BCUT2D eigenvalue weighted by Crippen LogP contribution is 2.30. The summed E-state index contributed by atoms with van der Waals surface area (Å²) in [6, 6.07) is 11.7. The first-order valence-electron chi connectivity index (χ1n) is 6.40. The van der Waals surface area contributed by atoms with E-state index in [2.05, 4.69) is 0 Å². The second kappa shape index (κ2) is 6.39. The molecule has 0 saturated carbocycles. The van der Waals surface area contributed by atoms with Gasteiger partial charge in [0.15, 0.2) is 11.6 Å². The molecular weight excluding hydrogens is 259 g/mol. The number of ether oxygens (including phenoxy) is 2. The van der Waals surface area contributed by atoms with Crippen LogP contribution in [0.4, 0.5) is 4.39 Å². The fraction of sp³-hybridized carbons (Fsp3) is 0.250. The number of hydrogen-bond acceptors (Lipinski definition) is 3. The quantitative estimate of drug-likeness (QED) is 0.910. The zero-order chi connectivity index (χ0) is 14.5. The van der Waals surface area contributed by atoms with Crippen LogP contribution in [0.25, 0.3) is 0 Å². The summed E-state index contributed by atoms with van der Waals surface area (Å²) in [7, 11) is 1.39. The molecule has 0 aliphatic heterocycles. The van der Waals surface area contributed by atoms with E-state index in [1.807, 2.05) is 6.92 Å². The van der Waals surface area contributed by atoms with Crippen LogP contribution in [0.1, 0.15) is 24.2 Å². The van der Waals surface area contributed by atoms with Crippen molar-refractivity contribution in [2.45, 2.75) is 13.0 Å². The van der Waals surface area contributed by atoms with Gasteiger partial charge in [-0.05, 0) is 30.7 Å². The minimum absolute atomic E-state index is 0.113. The minimum atomic E-state index is -1.06. The third kappa shape index (κ3) is 2.91. The number of benzene rings is 2. The van der Waals surface area contributed by atoms with Crippen molar-refractivity contribution >= 4 is 0 Å². The minimum Gasteiger partial charge on any atom is -0.494 e. The molecule has 0 saturated heterocycles. The molecule has 1 N–H and O–H groups in total. The maximum absolute atomic E-state index is 14.1. The molecule has 0 spiro atoms. The molecule has 1 unspecified atom stereocenters. The van der Waals surface area contributed by atoms with Crippen LogP contribution in [0.5, 0.6) is 11.5 Å². The summed E-state index contributed by atoms with van der Waals surface area (Å²) in [5.74, 6) is 0.208. The van der Waals surface area contributed by atoms with Crippen molar-refractivity contribution < 1.29 is 19.0 Å². The second-order valence-electron chi connectivity index (χ2n) is 4.27. The average Bonchev–Trinajstić information content (AvgIpc) is 2.47. The van der Waals surface area contributed by atoms with Crippen LogP contribution in [0, 0.1) is 5.82 Å². The highest BCUT2D eigenvalue weighted by molar-refractivity contribution is 5.39. The lowest BCUT2D eigenvalue weighted by molar-refractivity contribution is 0.212. The first-order chi connectivity index (χ1) is 9.67. The Kier molecular flexibility index (Phi) is 4.58. The molecule has 0 bridgehead atoms. The van der Waals surface area contributed by atoms with Gasteiger partial charge >= 0.3 is 0 Å². The van der Waals surface area contributed by atoms with Crippen molar-refractivity contribution in [3.63, 3.8) is 0 Å². The Morgan fingerprint density at radius 3 is 2.65 bits per heavy atom. The molecule has 0 aromatic heterocycles. The van der Waals surface area contributed by atoms with Crippen LogP contribution >= 0.6 is 0 Å². The lowest BCUT2D eigenvalue weighted by Crippen LogP contribution is -2.04. The summed E-state index contributed by atoms with van der Waals surface area (Å²) < 4.78 is 24.4. The van der Waals surface area contributed by atoms with E-state index in [4.69, 9.17) is 9.47 Å². The monoisotopic (exact) mass is 276 g/mol. The van der Waals surface area contributed by atoms with Gasteiger partial charge < -0.3 is 14.6 Å². The molecule has 0 fully saturated rings. The van der Waals surface area contributed by atoms with E-state index in [9.17, 15) is 9.50 Å². The molecule has 106 valence electrons. The van der Waals surface area contributed by atoms with Crippen LogP contribution in [0.2, 0.25) is 0 Å². The van der Waals surface area contributed by atoms with Gasteiger partial charge in [0, 0.05) is 5.56 Å². The predicted molar refractivity (Wildman–Crippen MR) is 74.6 cm³/mol. The molecule has 2 aromatic rings. The summed E-state index contributed by atoms with van der Waals surface area (Å²) in [6.45, 7) is 2.41. The molecule has 3 nitrogen and oxygen atoms in total. The molecule has 0 heterocycles. The van der Waals surface area contributed by atoms with Gasteiger partial charge in [-0.2, -0.15) is 0 Å². The van der Waals surface area contributed by atoms with E-state index < -0.39 is 11.9 Å². The van der Waals surface area contributed by atoms with Gasteiger partial charge in [-0.1, -0.05) is 24.3 Å². The normalized spacial score (nSPS) is 12.0. The Balaban J connectivity index is 2.36. The fourth-order valence-corrected chi connectivity index (χ4v) is 2.02. The van der Waals surface area contributed by atoms with Crippen molar-refractivity contribution in [1.29, 1.82) is 0 Å². The highest BCUT2D eigenvalue weighted by atomic mass is 19.1. The van der Waals surface area contributed by atoms with Crippen LogP contribution in [-0.2, 0) is 0 Å². The van der Waals surface area contributed by atoms with Crippen LogP contribution in [0.3, 0.4) is 0 Å². The molecule has 2 aromatic carbocycles. The summed E-state index contributed by atoms with van der Waals surface area (Å²) in [5.41, 5.74) is 0.751. The van der Waals surface area contributed by atoms with E-state index in [-0.39, 0.29) is 11.3 Å². The Morgan fingerprint density at radius 1 is 1.20 bits per heavy atom. The number of rotatable bonds is 5. The maximum atomic E-state index is 14.1. The first kappa shape index (κ1) is 14.3. The van der Waals surface area contributed by atoms with Crippen LogP contribution in [-0.4, -0.2) is 18.8 Å². The lowest BCUT2D eigenvalue weighted by atomic mass is 10.0. The van der Waals surface area contributed by atoms with Crippen LogP contribution < -0.4 is 9.47 Å². The number of halogens is 1. The maximum Gasteiger partial charge on any atom is 0.171 e. The standard InChI is InChI=1S/C16H17FO3/c1-3-20-12-7-4-6-11(10-12)16(18)13-8-5-9-14(19-2)15(13)17/h4-10,16,18H,3H2,1-2H3. The molecule has 0 radical (unpaired) electrons. The fourth-order valence-electron chi connectivity index (χ4n) is 2.02. The zero-order valence-corrected chi connectivity index (χ0v) is 11.5. The first-order valence-corrected chi connectivity index (χ1v) is 6.40. The van der Waals surface area contributed by atoms with Crippen molar-refractivity contribution in [2.24, 2.45) is 0 Å². The highest BCUT2D eigenvalue weighted by Gasteiger charge is 2.18. The molecule has 0 aliphatic rings. The Morgan fingerprint density at radius 2 is 1.95 bits per heavy atom. The van der Waals surface area contributed by atoms with E-state index in [1.165, 1.54) is 19.2 Å². The molecule has 2 rings (SSSR count). The Labute approximate surface area is 117 Å². The van der Waals surface area contributed by atoms with Gasteiger partial charge in [0.1, 0.15) is 11.9 Å². The number of aliphatic hydroxyl groups is 1. The number of methoxy groups -OCH3 is 1. The number of hydrogen-bond donors (Lipinski definition) is 1. The average molecular weight is 276 g/mol. The van der Waals surface area contributed by atoms with E-state index >= 15 is 0 Å². The summed E-state index contributed by atoms with van der Waals surface area (Å²) in [4.78, 5) is 0. The molecule has 4 heteroatoms. The SMILES string of the molecule is CCOc1cccc(C(O)c2cccc(OC)c2F)c1. The topological polar surface area (TPSA) is 38.7 Å². The van der Waals surface area contributed by atoms with Gasteiger partial charge in [-0.3, -0.25) is 0 Å². The predicted octanol–water partition coefficient (Wildman–Crippen LogP) is 3.31. The van der Waals surface area contributed by atoms with Crippen molar-refractivity contribution in [1.82, 2.24) is 0 Å². The third-order valence-corrected chi connectivity index (χ3v) is 2.99. The Hall–Kier alpha value is -2.07. The summed E-state index contributed by atoms with van der Waals surface area (Å²) in [6.07, 6.45) is -1.06. The van der Waals surface area contributed by atoms with Gasteiger partial charge in [-0.15, -0.1) is 0 Å². The van der Waals surface area contributed by atoms with E-state index in [0.29, 0.717) is 17.9 Å². The number of aliphatic hydroxyl groups excluding tert-OH is 1. The molecule has 1 atom stereocenters. The van der Waals surface area contributed by atoms with Gasteiger partial charge in [0.2, 0.25) is 0 Å². The Bertz CT molecular complexity index is 584. The molecule has 0 amide bonds. The van der Waals surface area contributed by atoms with Gasteiger partial charge in [0.05, 0.1) is 13.7 Å². The zero-order valence-electron chi connectivity index (χ0n) is 11.5. The van der Waals surface area contributed by atoms with Crippen molar-refractivity contribution in [2.75, 3.05) is 13.7 Å². The summed E-state index contributed by atoms with van der Waals surface area (Å²) in [5, 5.41) is 10.3. The molecular formula is C16H17FO3. The largest absolute Gasteiger partial charge is 0.494 e. The second-order valence-corrected chi connectivity index (χ2v) is 4.27. The van der Waals surface area contributed by atoms with E-state index in [1.54, 1.807) is 30.3 Å². The molecule has 20 heavy (non-hydrogen) atoms. The van der Waals surface area contributed by atoms with E-state index in [0.717, 1.165) is 0 Å². The molecule has 0 aliphatic carbocycles. The lowest BCUT2D eigenvalue weighted by Gasteiger charge is -2.15. The van der Waals surface area contributed by atoms with Gasteiger partial charge in [-0.25, -0.2) is 4.39 Å². The summed E-state index contributed by atoms with van der Waals surface area (Å²) >= 11 is 0. The van der Waals surface area contributed by atoms with Crippen LogP contribution in [0.15, 0.2) is 42.5 Å². The smallest absolute Gasteiger partial charge is 0.171 e. The van der Waals surface area contributed by atoms with Crippen molar-refractivity contribution in [3.05, 3.63) is 59.4 Å².